The lowest BCUT2D eigenvalue weighted by molar-refractivity contribution is -0.136. The van der Waals surface area contributed by atoms with Crippen molar-refractivity contribution in [2.75, 3.05) is 6.61 Å². The van der Waals surface area contributed by atoms with E-state index >= 15 is 0 Å². The number of aliphatic carboxylic acids is 1. The Bertz CT molecular complexity index is 777. The van der Waals surface area contributed by atoms with Gasteiger partial charge in [0.25, 0.3) is 0 Å². The van der Waals surface area contributed by atoms with Crippen molar-refractivity contribution in [2.24, 2.45) is 0 Å². The second-order valence-corrected chi connectivity index (χ2v) is 5.29. The number of nitriles is 1. The first kappa shape index (κ1) is 17.4. The van der Waals surface area contributed by atoms with Crippen molar-refractivity contribution in [2.45, 2.75) is 26.7 Å². The molecular weight excluding hydrogens is 306 g/mol. The summed E-state index contributed by atoms with van der Waals surface area (Å²) in [5.74, 6) is 1.05. The van der Waals surface area contributed by atoms with Crippen LogP contribution in [0.2, 0.25) is 0 Å². The van der Waals surface area contributed by atoms with Gasteiger partial charge in [-0.05, 0) is 55.7 Å². The molecule has 0 saturated heterocycles. The highest BCUT2D eigenvalue weighted by Gasteiger charge is 2.10. The molecule has 0 unspecified atom stereocenters. The van der Waals surface area contributed by atoms with Crippen molar-refractivity contribution in [1.29, 1.82) is 5.26 Å². The summed E-state index contributed by atoms with van der Waals surface area (Å²) < 4.78 is 11.5. The number of benzene rings is 2. The summed E-state index contributed by atoms with van der Waals surface area (Å²) in [5.41, 5.74) is 2.28. The van der Waals surface area contributed by atoms with Gasteiger partial charge in [-0.1, -0.05) is 6.07 Å². The first-order valence-electron chi connectivity index (χ1n) is 7.69. The Morgan fingerprint density at radius 1 is 1.21 bits per heavy atom. The first-order chi connectivity index (χ1) is 11.5. The Labute approximate surface area is 141 Å². The standard InChI is InChI=1S/C19H19NO4/c1-3-23-18-11-16(7-5-15(18)6-9-19(21)22)24-17-8-4-14(12-20)10-13(17)2/h4-5,7-8,10-11H,3,6,9H2,1-2H3,(H,21,22). The zero-order valence-electron chi connectivity index (χ0n) is 13.7. The minimum atomic E-state index is -0.842. The number of carboxylic acids is 1. The Balaban J connectivity index is 2.23. The van der Waals surface area contributed by atoms with E-state index in [0.717, 1.165) is 11.1 Å². The zero-order chi connectivity index (χ0) is 17.5. The summed E-state index contributed by atoms with van der Waals surface area (Å²) in [4.78, 5) is 10.8. The summed E-state index contributed by atoms with van der Waals surface area (Å²) in [6.45, 7) is 4.24. The van der Waals surface area contributed by atoms with E-state index in [2.05, 4.69) is 6.07 Å². The molecule has 0 heterocycles. The molecule has 0 amide bonds. The SMILES string of the molecule is CCOc1cc(Oc2ccc(C#N)cc2C)ccc1CCC(=O)O. The van der Waals surface area contributed by atoms with E-state index in [-0.39, 0.29) is 6.42 Å². The van der Waals surface area contributed by atoms with Crippen molar-refractivity contribution in [3.63, 3.8) is 0 Å². The molecule has 0 aliphatic rings. The van der Waals surface area contributed by atoms with Crippen LogP contribution < -0.4 is 9.47 Å². The van der Waals surface area contributed by atoms with Gasteiger partial charge in [-0.25, -0.2) is 0 Å². The zero-order valence-corrected chi connectivity index (χ0v) is 13.7. The quantitative estimate of drug-likeness (QED) is 0.830. The lowest BCUT2D eigenvalue weighted by Gasteiger charge is -2.13. The predicted octanol–water partition coefficient (Wildman–Crippen LogP) is 4.07. The Morgan fingerprint density at radius 3 is 2.62 bits per heavy atom. The largest absolute Gasteiger partial charge is 0.493 e. The summed E-state index contributed by atoms with van der Waals surface area (Å²) in [6.07, 6.45) is 0.454. The maximum absolute atomic E-state index is 10.8. The Morgan fingerprint density at radius 2 is 2.00 bits per heavy atom. The molecule has 5 heteroatoms. The van der Waals surface area contributed by atoms with Crippen molar-refractivity contribution >= 4 is 5.97 Å². The average Bonchev–Trinajstić information content (AvgIpc) is 2.56. The molecule has 0 aliphatic carbocycles. The van der Waals surface area contributed by atoms with E-state index in [0.29, 0.717) is 35.8 Å². The van der Waals surface area contributed by atoms with Crippen LogP contribution in [0.5, 0.6) is 17.2 Å². The molecule has 24 heavy (non-hydrogen) atoms. The summed E-state index contributed by atoms with van der Waals surface area (Å²) in [5, 5.41) is 17.7. The summed E-state index contributed by atoms with van der Waals surface area (Å²) >= 11 is 0. The van der Waals surface area contributed by atoms with Crippen LogP contribution in [0.15, 0.2) is 36.4 Å². The molecule has 2 aromatic carbocycles. The van der Waals surface area contributed by atoms with Crippen LogP contribution in [0.3, 0.4) is 0 Å². The molecule has 2 rings (SSSR count). The molecule has 0 spiro atoms. The molecule has 124 valence electrons. The van der Waals surface area contributed by atoms with Gasteiger partial charge >= 0.3 is 5.97 Å². The molecule has 0 aliphatic heterocycles. The molecule has 2 aromatic rings. The molecule has 0 radical (unpaired) electrons. The van der Waals surface area contributed by atoms with Crippen molar-refractivity contribution in [3.05, 3.63) is 53.1 Å². The predicted molar refractivity (Wildman–Crippen MR) is 89.5 cm³/mol. The topological polar surface area (TPSA) is 79.5 Å². The van der Waals surface area contributed by atoms with Crippen LogP contribution in [0.25, 0.3) is 0 Å². The first-order valence-corrected chi connectivity index (χ1v) is 7.69. The molecular formula is C19H19NO4. The van der Waals surface area contributed by atoms with Gasteiger partial charge in [0, 0.05) is 12.5 Å². The van der Waals surface area contributed by atoms with Crippen LogP contribution in [0.1, 0.15) is 30.0 Å². The minimum absolute atomic E-state index is 0.0506. The molecule has 0 bridgehead atoms. The van der Waals surface area contributed by atoms with Crippen LogP contribution in [0.4, 0.5) is 0 Å². The number of hydrogen-bond acceptors (Lipinski definition) is 4. The second kappa shape index (κ2) is 8.02. The molecule has 0 atom stereocenters. The molecule has 0 fully saturated rings. The third-order valence-corrected chi connectivity index (χ3v) is 3.48. The number of ether oxygens (including phenoxy) is 2. The maximum atomic E-state index is 10.8. The lowest BCUT2D eigenvalue weighted by atomic mass is 10.1. The smallest absolute Gasteiger partial charge is 0.303 e. The highest BCUT2D eigenvalue weighted by Crippen LogP contribution is 2.31. The lowest BCUT2D eigenvalue weighted by Crippen LogP contribution is -2.01. The number of hydrogen-bond donors (Lipinski definition) is 1. The van der Waals surface area contributed by atoms with Crippen LogP contribution in [0, 0.1) is 18.3 Å². The van der Waals surface area contributed by atoms with Crippen LogP contribution >= 0.6 is 0 Å². The van der Waals surface area contributed by atoms with E-state index in [4.69, 9.17) is 19.8 Å². The third kappa shape index (κ3) is 4.50. The fourth-order valence-electron chi connectivity index (χ4n) is 2.30. The molecule has 0 aromatic heterocycles. The number of carboxylic acid groups (broad SMARTS) is 1. The number of rotatable bonds is 7. The van der Waals surface area contributed by atoms with Gasteiger partial charge in [-0.2, -0.15) is 5.26 Å². The number of carbonyl (C=O) groups is 1. The molecule has 0 saturated carbocycles. The molecule has 1 N–H and O–H groups in total. The van der Waals surface area contributed by atoms with Gasteiger partial charge < -0.3 is 14.6 Å². The van der Waals surface area contributed by atoms with Crippen LogP contribution in [-0.4, -0.2) is 17.7 Å². The van der Waals surface area contributed by atoms with E-state index in [1.165, 1.54) is 0 Å². The average molecular weight is 325 g/mol. The monoisotopic (exact) mass is 325 g/mol. The van der Waals surface area contributed by atoms with Gasteiger partial charge in [0.05, 0.1) is 18.2 Å². The van der Waals surface area contributed by atoms with Gasteiger partial charge in [-0.3, -0.25) is 4.79 Å². The fraction of sp³-hybridized carbons (Fsp3) is 0.263. The maximum Gasteiger partial charge on any atom is 0.303 e. The van der Waals surface area contributed by atoms with Crippen molar-refractivity contribution < 1.29 is 19.4 Å². The van der Waals surface area contributed by atoms with E-state index in [1.807, 2.05) is 19.9 Å². The van der Waals surface area contributed by atoms with E-state index < -0.39 is 5.97 Å². The highest BCUT2D eigenvalue weighted by molar-refractivity contribution is 5.67. The Kier molecular flexibility index (Phi) is 5.80. The Hall–Kier alpha value is -3.00. The van der Waals surface area contributed by atoms with Gasteiger partial charge in [0.1, 0.15) is 17.2 Å². The van der Waals surface area contributed by atoms with E-state index in [1.54, 1.807) is 30.3 Å². The van der Waals surface area contributed by atoms with Gasteiger partial charge in [0.15, 0.2) is 0 Å². The van der Waals surface area contributed by atoms with Crippen molar-refractivity contribution in [1.82, 2.24) is 0 Å². The number of aryl methyl sites for hydroxylation is 2. The van der Waals surface area contributed by atoms with Crippen LogP contribution in [-0.2, 0) is 11.2 Å². The second-order valence-electron chi connectivity index (χ2n) is 5.29. The number of nitrogens with zero attached hydrogens (tertiary/aromatic N) is 1. The van der Waals surface area contributed by atoms with Gasteiger partial charge in [-0.15, -0.1) is 0 Å². The summed E-state index contributed by atoms with van der Waals surface area (Å²) in [6, 6.07) is 12.7. The fourth-order valence-corrected chi connectivity index (χ4v) is 2.30. The highest BCUT2D eigenvalue weighted by atomic mass is 16.5. The normalized spacial score (nSPS) is 10.0. The minimum Gasteiger partial charge on any atom is -0.493 e. The third-order valence-electron chi connectivity index (χ3n) is 3.48. The summed E-state index contributed by atoms with van der Waals surface area (Å²) in [7, 11) is 0. The van der Waals surface area contributed by atoms with Gasteiger partial charge in [0.2, 0.25) is 0 Å². The van der Waals surface area contributed by atoms with E-state index in [9.17, 15) is 4.79 Å². The molecule has 5 nitrogen and oxygen atoms in total. The van der Waals surface area contributed by atoms with Crippen molar-refractivity contribution in [3.8, 4) is 23.3 Å².